The number of thioether (sulfide) groups is 1. The maximum absolute atomic E-state index is 13.9. The van der Waals surface area contributed by atoms with E-state index >= 15 is 0 Å². The molecule has 7 heteroatoms. The van der Waals surface area contributed by atoms with Gasteiger partial charge in [-0.15, -0.1) is 0 Å². The molecule has 0 spiro atoms. The fraction of sp³-hybridized carbons (Fsp3) is 0.188. The molecule has 0 fully saturated rings. The largest absolute Gasteiger partial charge is 0.335 e. The van der Waals surface area contributed by atoms with E-state index in [0.717, 1.165) is 34.3 Å². The minimum Gasteiger partial charge on any atom is -0.335 e. The summed E-state index contributed by atoms with van der Waals surface area (Å²) in [6, 6.07) is 27.1. The third-order valence-corrected chi connectivity index (χ3v) is 9.33. The number of aryl methyl sites for hydroxylation is 1. The van der Waals surface area contributed by atoms with Gasteiger partial charge in [0, 0.05) is 29.7 Å². The highest BCUT2D eigenvalue weighted by Crippen LogP contribution is 2.45. The lowest BCUT2D eigenvalue weighted by Gasteiger charge is -2.17. The number of imidazole rings is 1. The fourth-order valence-corrected chi connectivity index (χ4v) is 7.56. The van der Waals surface area contributed by atoms with Crippen molar-refractivity contribution in [2.45, 2.75) is 38.8 Å². The summed E-state index contributed by atoms with van der Waals surface area (Å²) in [7, 11) is 0. The summed E-state index contributed by atoms with van der Waals surface area (Å²) in [6.45, 7) is 8.67. The van der Waals surface area contributed by atoms with Crippen LogP contribution in [0.5, 0.6) is 0 Å². The van der Waals surface area contributed by atoms with Gasteiger partial charge in [-0.25, -0.2) is 0 Å². The minimum atomic E-state index is 0.0113. The topological polar surface area (TPSA) is 34.0 Å². The van der Waals surface area contributed by atoms with E-state index in [0.29, 0.717) is 11.9 Å². The molecule has 0 atom stereocenters. The summed E-state index contributed by atoms with van der Waals surface area (Å²) in [6.07, 6.45) is 6.27. The Kier molecular flexibility index (Phi) is 7.02. The van der Waals surface area contributed by atoms with Crippen LogP contribution < -0.4 is 25.9 Å². The first-order chi connectivity index (χ1) is 19.1. The summed E-state index contributed by atoms with van der Waals surface area (Å²) in [5, 5.41) is 2.90. The molecule has 5 nitrogen and oxygen atoms in total. The molecule has 0 unspecified atom stereocenters. The molecule has 0 saturated carbocycles. The third-order valence-electron chi connectivity index (χ3n) is 7.08. The summed E-state index contributed by atoms with van der Waals surface area (Å²) in [4.78, 5) is 17.5. The number of anilines is 1. The molecule has 39 heavy (non-hydrogen) atoms. The third kappa shape index (κ3) is 4.45. The van der Waals surface area contributed by atoms with Gasteiger partial charge in [0.05, 0.1) is 16.8 Å². The molecule has 0 aliphatic carbocycles. The molecule has 0 N–H and O–H groups in total. The molecule has 0 radical (unpaired) electrons. The maximum Gasteiger partial charge on any atom is 0.276 e. The van der Waals surface area contributed by atoms with Crippen molar-refractivity contribution >= 4 is 51.2 Å². The van der Waals surface area contributed by atoms with Crippen molar-refractivity contribution in [3.05, 3.63) is 116 Å². The molecule has 0 amide bonds. The average molecular weight is 552 g/mol. The van der Waals surface area contributed by atoms with Crippen LogP contribution in [-0.4, -0.2) is 15.7 Å². The highest BCUT2D eigenvalue weighted by molar-refractivity contribution is 8.03. The van der Waals surface area contributed by atoms with E-state index in [4.69, 9.17) is 0 Å². The van der Waals surface area contributed by atoms with Gasteiger partial charge < -0.3 is 4.90 Å². The predicted molar refractivity (Wildman–Crippen MR) is 164 cm³/mol. The van der Waals surface area contributed by atoms with Gasteiger partial charge in [0.1, 0.15) is 22.1 Å². The number of aromatic nitrogens is 3. The number of rotatable bonds is 6. The van der Waals surface area contributed by atoms with E-state index < -0.39 is 0 Å². The van der Waals surface area contributed by atoms with Crippen LogP contribution >= 0.6 is 23.1 Å². The zero-order valence-corrected chi connectivity index (χ0v) is 24.0. The van der Waals surface area contributed by atoms with Crippen molar-refractivity contribution in [1.82, 2.24) is 9.13 Å². The number of benzene rings is 3. The molecule has 196 valence electrons. The first-order valence-corrected chi connectivity index (χ1v) is 15.0. The second-order valence-electron chi connectivity index (χ2n) is 9.25. The molecule has 1 aliphatic rings. The molecule has 1 aliphatic heterocycles. The molecule has 2 aromatic heterocycles. The minimum absolute atomic E-state index is 0.0113. The van der Waals surface area contributed by atoms with Crippen LogP contribution in [-0.2, 0) is 13.1 Å². The van der Waals surface area contributed by atoms with Crippen molar-refractivity contribution in [3.8, 4) is 5.69 Å². The quantitative estimate of drug-likeness (QED) is 0.270. The molecular weight excluding hydrogens is 521 g/mol. The van der Waals surface area contributed by atoms with Crippen molar-refractivity contribution in [2.75, 3.05) is 11.4 Å². The Morgan fingerprint density at radius 1 is 0.846 bits per heavy atom. The standard InChI is InChI=1S/C32H31N4OS2/c1-4-33-24-16-10-12-18-27(24)38-30(33)21-20-26-32(37)35(6-3)29(36(26)23-14-8-7-9-15-23)22-31-34(5-2)25-17-11-13-19-28(25)39-31/h7-22H,4-6H2,1-3H3/q+1/b26-20+,30-21-. The lowest BCUT2D eigenvalue weighted by atomic mass is 10.3. The molecule has 5 aromatic rings. The van der Waals surface area contributed by atoms with Crippen molar-refractivity contribution in [1.29, 1.82) is 0 Å². The first kappa shape index (κ1) is 25.5. The molecular formula is C32H31N4OS2+. The number of fused-ring (bicyclic) bond motifs is 2. The number of hydrogen-bond acceptors (Lipinski definition) is 4. The smallest absolute Gasteiger partial charge is 0.276 e. The van der Waals surface area contributed by atoms with Gasteiger partial charge in [-0.2, -0.15) is 4.57 Å². The fourth-order valence-electron chi connectivity index (χ4n) is 5.27. The second-order valence-corrected chi connectivity index (χ2v) is 11.4. The lowest BCUT2D eigenvalue weighted by molar-refractivity contribution is -0.665. The van der Waals surface area contributed by atoms with E-state index in [1.165, 1.54) is 20.8 Å². The zero-order chi connectivity index (χ0) is 26.9. The predicted octanol–water partition coefficient (Wildman–Crippen LogP) is 5.26. The van der Waals surface area contributed by atoms with Gasteiger partial charge in [-0.3, -0.25) is 13.9 Å². The van der Waals surface area contributed by atoms with Crippen LogP contribution in [0, 0.1) is 0 Å². The molecule has 0 saturated heterocycles. The number of hydrogen-bond donors (Lipinski definition) is 0. The van der Waals surface area contributed by atoms with Crippen LogP contribution in [0.2, 0.25) is 0 Å². The second kappa shape index (κ2) is 10.8. The molecule has 3 aromatic carbocycles. The van der Waals surface area contributed by atoms with Gasteiger partial charge in [-0.1, -0.05) is 65.6 Å². The number of nitrogens with zero attached hydrogens (tertiary/aromatic N) is 4. The Balaban J connectivity index is 1.62. The number of thiazole rings is 1. The Morgan fingerprint density at radius 3 is 2.36 bits per heavy atom. The van der Waals surface area contributed by atoms with Crippen LogP contribution in [0.4, 0.5) is 5.69 Å². The van der Waals surface area contributed by atoms with Crippen molar-refractivity contribution in [2.24, 2.45) is 0 Å². The zero-order valence-electron chi connectivity index (χ0n) is 22.4. The summed E-state index contributed by atoms with van der Waals surface area (Å²) >= 11 is 3.51. The summed E-state index contributed by atoms with van der Waals surface area (Å²) in [5.41, 5.74) is 4.29. The van der Waals surface area contributed by atoms with Crippen molar-refractivity contribution in [3.63, 3.8) is 0 Å². The van der Waals surface area contributed by atoms with Gasteiger partial charge in [0.2, 0.25) is 5.52 Å². The molecule has 6 rings (SSSR count). The Labute approximate surface area is 236 Å². The SMILES string of the molecule is CCN1/C(=C/C=c2\c(=O)n(CC)c(=Cc3sc4ccccc4[n+]3CC)n2-c2ccccc2)Sc2ccccc21. The number of allylic oxidation sites excluding steroid dienone is 1. The summed E-state index contributed by atoms with van der Waals surface area (Å²) < 4.78 is 7.55. The monoisotopic (exact) mass is 551 g/mol. The average Bonchev–Trinajstić information content (AvgIpc) is 3.60. The van der Waals surface area contributed by atoms with Crippen molar-refractivity contribution < 1.29 is 4.57 Å². The lowest BCUT2D eigenvalue weighted by Crippen LogP contribution is -2.36. The van der Waals surface area contributed by atoms with Gasteiger partial charge in [0.25, 0.3) is 10.6 Å². The Hall–Kier alpha value is -3.81. The maximum atomic E-state index is 13.9. The summed E-state index contributed by atoms with van der Waals surface area (Å²) in [5.74, 6) is 0. The van der Waals surface area contributed by atoms with E-state index in [2.05, 4.69) is 101 Å². The van der Waals surface area contributed by atoms with Gasteiger partial charge >= 0.3 is 0 Å². The molecule has 3 heterocycles. The first-order valence-electron chi connectivity index (χ1n) is 13.4. The van der Waals surface area contributed by atoms with E-state index in [1.54, 1.807) is 23.1 Å². The van der Waals surface area contributed by atoms with Gasteiger partial charge in [-0.05, 0) is 63.3 Å². The van der Waals surface area contributed by atoms with Crippen LogP contribution in [0.15, 0.2) is 99.7 Å². The highest BCUT2D eigenvalue weighted by atomic mass is 32.2. The highest BCUT2D eigenvalue weighted by Gasteiger charge is 2.23. The van der Waals surface area contributed by atoms with E-state index in [9.17, 15) is 4.79 Å². The molecule has 0 bridgehead atoms. The van der Waals surface area contributed by atoms with Crippen LogP contribution in [0.25, 0.3) is 28.1 Å². The normalized spacial score (nSPS) is 15.2. The Morgan fingerprint density at radius 2 is 1.59 bits per heavy atom. The van der Waals surface area contributed by atoms with E-state index in [-0.39, 0.29) is 5.56 Å². The van der Waals surface area contributed by atoms with Gasteiger partial charge in [0.15, 0.2) is 0 Å². The van der Waals surface area contributed by atoms with E-state index in [1.807, 2.05) is 35.8 Å². The van der Waals surface area contributed by atoms with Crippen LogP contribution in [0.3, 0.4) is 0 Å². The van der Waals surface area contributed by atoms with Crippen LogP contribution in [0.1, 0.15) is 25.8 Å². The number of para-hydroxylation sites is 3. The Bertz CT molecular complexity index is 1880.